The Morgan fingerprint density at radius 2 is 2.17 bits per heavy atom. The number of hydrogen-bond donors (Lipinski definition) is 1. The highest BCUT2D eigenvalue weighted by Crippen LogP contribution is 2.60. The second-order valence-corrected chi connectivity index (χ2v) is 9.48. The van der Waals surface area contributed by atoms with Crippen LogP contribution in [0.3, 0.4) is 0 Å². The second-order valence-electron chi connectivity index (χ2n) is 9.48. The summed E-state index contributed by atoms with van der Waals surface area (Å²) in [5, 5.41) is 14.4. The predicted octanol–water partition coefficient (Wildman–Crippen LogP) is 5.04. The van der Waals surface area contributed by atoms with Crippen LogP contribution in [-0.4, -0.2) is 20.7 Å². The van der Waals surface area contributed by atoms with Crippen LogP contribution in [0.25, 0.3) is 6.08 Å². The van der Waals surface area contributed by atoms with Crippen molar-refractivity contribution in [3.05, 3.63) is 52.4 Å². The number of phenolic OH excluding ortho intramolecular Hbond substituents is 1. The minimum atomic E-state index is -0.226. The van der Waals surface area contributed by atoms with Gasteiger partial charge in [0.2, 0.25) is 0 Å². The molecule has 0 radical (unpaired) electrons. The van der Waals surface area contributed by atoms with Gasteiger partial charge < -0.3 is 5.11 Å². The first-order valence-electron chi connectivity index (χ1n) is 11.0. The van der Waals surface area contributed by atoms with Crippen molar-refractivity contribution in [2.24, 2.45) is 17.3 Å². The Kier molecular flexibility index (Phi) is 4.23. The number of fused-ring (bicyclic) bond motifs is 5. The lowest BCUT2D eigenvalue weighted by Gasteiger charge is -2.48. The first kappa shape index (κ1) is 18.7. The molecule has 4 nitrogen and oxygen atoms in total. The molecule has 1 aromatic carbocycles. The molecule has 0 amide bonds. The van der Waals surface area contributed by atoms with Crippen molar-refractivity contribution < 1.29 is 9.90 Å². The predicted molar refractivity (Wildman–Crippen MR) is 114 cm³/mol. The van der Waals surface area contributed by atoms with E-state index < -0.39 is 0 Å². The van der Waals surface area contributed by atoms with E-state index in [0.29, 0.717) is 29.3 Å². The minimum absolute atomic E-state index is 0.226. The third-order valence-corrected chi connectivity index (χ3v) is 7.99. The van der Waals surface area contributed by atoms with Gasteiger partial charge in [0.25, 0.3) is 0 Å². The van der Waals surface area contributed by atoms with Crippen LogP contribution in [0.5, 0.6) is 5.75 Å². The third kappa shape index (κ3) is 2.79. The number of ketones is 1. The molecule has 29 heavy (non-hydrogen) atoms. The van der Waals surface area contributed by atoms with E-state index in [1.54, 1.807) is 0 Å². The normalized spacial score (nSPS) is 32.2. The van der Waals surface area contributed by atoms with Gasteiger partial charge in [-0.2, -0.15) is 5.10 Å². The molecule has 5 rings (SSSR count). The Morgan fingerprint density at radius 1 is 1.34 bits per heavy atom. The lowest BCUT2D eigenvalue weighted by atomic mass is 9.55. The fraction of sp³-hybridized carbons (Fsp3) is 0.520. The van der Waals surface area contributed by atoms with Crippen molar-refractivity contribution in [1.82, 2.24) is 9.78 Å². The standard InChI is InChI=1S/C25H30N2O2/c1-4-27-14-18(15(2)26-27)11-17-13-23-22-7-5-16-12-19(28)6-8-20(16)21(22)9-10-25(23,3)24(17)29/h6,8,11-12,14,21-23,28H,4-5,7,9-10,13H2,1-3H3/b17-11-/t21-,22+,23-,25-/m0/s1. The monoisotopic (exact) mass is 390 g/mol. The van der Waals surface area contributed by atoms with Gasteiger partial charge >= 0.3 is 0 Å². The highest BCUT2D eigenvalue weighted by Gasteiger charge is 2.56. The summed E-state index contributed by atoms with van der Waals surface area (Å²) in [6.07, 6.45) is 9.22. The average Bonchev–Trinajstić information content (AvgIpc) is 3.19. The maximum Gasteiger partial charge on any atom is 0.165 e. The van der Waals surface area contributed by atoms with Gasteiger partial charge in [-0.3, -0.25) is 9.48 Å². The quantitative estimate of drug-likeness (QED) is 0.731. The molecule has 4 atom stereocenters. The number of aryl methyl sites for hydroxylation is 3. The number of Topliss-reactive ketones (excluding diaryl/α,β-unsaturated/α-hetero) is 1. The van der Waals surface area contributed by atoms with E-state index in [2.05, 4.69) is 37.3 Å². The molecular weight excluding hydrogens is 360 g/mol. The Hall–Kier alpha value is -2.36. The number of carbonyl (C=O) groups excluding carboxylic acids is 1. The van der Waals surface area contributed by atoms with Crippen LogP contribution in [0, 0.1) is 24.2 Å². The Labute approximate surface area is 172 Å². The zero-order valence-corrected chi connectivity index (χ0v) is 17.6. The highest BCUT2D eigenvalue weighted by atomic mass is 16.3. The maximum absolute atomic E-state index is 13.5. The molecule has 0 aliphatic heterocycles. The summed E-state index contributed by atoms with van der Waals surface area (Å²) in [5.74, 6) is 2.23. The van der Waals surface area contributed by atoms with Gasteiger partial charge in [0, 0.05) is 23.7 Å². The third-order valence-electron chi connectivity index (χ3n) is 7.99. The van der Waals surface area contributed by atoms with Crippen molar-refractivity contribution in [1.29, 1.82) is 0 Å². The number of carbonyl (C=O) groups is 1. The fourth-order valence-electron chi connectivity index (χ4n) is 6.39. The van der Waals surface area contributed by atoms with E-state index in [1.165, 1.54) is 11.1 Å². The molecule has 4 heteroatoms. The zero-order chi connectivity index (χ0) is 20.3. The van der Waals surface area contributed by atoms with Crippen LogP contribution in [-0.2, 0) is 17.8 Å². The van der Waals surface area contributed by atoms with Crippen LogP contribution in [0.2, 0.25) is 0 Å². The fourth-order valence-corrected chi connectivity index (χ4v) is 6.39. The molecule has 3 aliphatic carbocycles. The molecule has 152 valence electrons. The average molecular weight is 391 g/mol. The lowest BCUT2D eigenvalue weighted by Crippen LogP contribution is -2.42. The lowest BCUT2D eigenvalue weighted by molar-refractivity contribution is -0.127. The molecule has 2 aromatic rings. The molecule has 3 aliphatic rings. The summed E-state index contributed by atoms with van der Waals surface area (Å²) in [4.78, 5) is 13.5. The van der Waals surface area contributed by atoms with E-state index in [-0.39, 0.29) is 5.41 Å². The zero-order valence-electron chi connectivity index (χ0n) is 17.6. The smallest absolute Gasteiger partial charge is 0.165 e. The summed E-state index contributed by atoms with van der Waals surface area (Å²) >= 11 is 0. The topological polar surface area (TPSA) is 55.1 Å². The Bertz CT molecular complexity index is 1020. The van der Waals surface area contributed by atoms with Gasteiger partial charge in [0.1, 0.15) is 5.75 Å². The summed E-state index contributed by atoms with van der Waals surface area (Å²) < 4.78 is 1.94. The molecule has 0 bridgehead atoms. The van der Waals surface area contributed by atoms with Crippen molar-refractivity contribution >= 4 is 11.9 Å². The van der Waals surface area contributed by atoms with E-state index in [0.717, 1.165) is 55.5 Å². The highest BCUT2D eigenvalue weighted by molar-refractivity contribution is 6.06. The van der Waals surface area contributed by atoms with Gasteiger partial charge in [-0.25, -0.2) is 0 Å². The van der Waals surface area contributed by atoms with Crippen molar-refractivity contribution in [2.75, 3.05) is 0 Å². The molecule has 0 saturated heterocycles. The first-order valence-corrected chi connectivity index (χ1v) is 11.0. The van der Waals surface area contributed by atoms with Gasteiger partial charge in [-0.1, -0.05) is 13.0 Å². The Morgan fingerprint density at radius 3 is 2.93 bits per heavy atom. The van der Waals surface area contributed by atoms with E-state index in [9.17, 15) is 9.90 Å². The van der Waals surface area contributed by atoms with Crippen molar-refractivity contribution in [3.63, 3.8) is 0 Å². The van der Waals surface area contributed by atoms with Crippen molar-refractivity contribution in [3.8, 4) is 5.75 Å². The van der Waals surface area contributed by atoms with Crippen molar-refractivity contribution in [2.45, 2.75) is 65.3 Å². The van der Waals surface area contributed by atoms with E-state index in [1.807, 2.05) is 23.7 Å². The SMILES string of the molecule is CCn1cc(/C=C2/C[C@H]3[C@@H]4CCc5cc(O)ccc5[C@@H]4CC[C@]3(C)C2=O)c(C)n1. The maximum atomic E-state index is 13.5. The van der Waals surface area contributed by atoms with E-state index >= 15 is 0 Å². The number of benzene rings is 1. The summed E-state index contributed by atoms with van der Waals surface area (Å²) in [6.45, 7) is 7.17. The molecule has 2 fully saturated rings. The van der Waals surface area contributed by atoms with Crippen LogP contribution in [0.4, 0.5) is 0 Å². The second kappa shape index (κ2) is 6.58. The van der Waals surface area contributed by atoms with Gasteiger partial charge in [-0.15, -0.1) is 0 Å². The molecule has 0 unspecified atom stereocenters. The van der Waals surface area contributed by atoms with Gasteiger partial charge in [-0.05, 0) is 98.6 Å². The first-order chi connectivity index (χ1) is 13.9. The summed E-state index contributed by atoms with van der Waals surface area (Å²) in [6, 6.07) is 5.90. The number of aromatic nitrogens is 2. The van der Waals surface area contributed by atoms with Gasteiger partial charge in [0.15, 0.2) is 5.78 Å². The summed E-state index contributed by atoms with van der Waals surface area (Å²) in [5.41, 5.74) is 5.56. The van der Waals surface area contributed by atoms with Gasteiger partial charge in [0.05, 0.1) is 5.69 Å². The van der Waals surface area contributed by atoms with E-state index in [4.69, 9.17) is 0 Å². The van der Waals surface area contributed by atoms with Crippen LogP contribution in [0.1, 0.15) is 67.8 Å². The number of aromatic hydroxyl groups is 1. The molecular formula is C25H30N2O2. The minimum Gasteiger partial charge on any atom is -0.508 e. The molecule has 1 heterocycles. The number of allylic oxidation sites excluding steroid dienone is 1. The van der Waals surface area contributed by atoms with Crippen LogP contribution in [0.15, 0.2) is 30.0 Å². The largest absolute Gasteiger partial charge is 0.508 e. The number of phenols is 1. The summed E-state index contributed by atoms with van der Waals surface area (Å²) in [7, 11) is 0. The number of hydrogen-bond acceptors (Lipinski definition) is 3. The molecule has 1 aromatic heterocycles. The van der Waals surface area contributed by atoms with Crippen LogP contribution < -0.4 is 0 Å². The Balaban J connectivity index is 1.49. The molecule has 2 saturated carbocycles. The molecule has 1 N–H and O–H groups in total. The number of nitrogens with zero attached hydrogens (tertiary/aromatic N) is 2. The number of rotatable bonds is 2. The molecule has 0 spiro atoms. The van der Waals surface area contributed by atoms with Crippen LogP contribution >= 0.6 is 0 Å².